The molecule has 0 saturated heterocycles. The van der Waals surface area contributed by atoms with Crippen molar-refractivity contribution in [3.8, 4) is 5.75 Å². The van der Waals surface area contributed by atoms with Gasteiger partial charge in [-0.2, -0.15) is 0 Å². The first-order valence-corrected chi connectivity index (χ1v) is 7.57. The zero-order chi connectivity index (χ0) is 15.4. The molecule has 0 aliphatic rings. The summed E-state index contributed by atoms with van der Waals surface area (Å²) >= 11 is 3.36. The Morgan fingerprint density at radius 1 is 1.38 bits per heavy atom. The number of nitrogens with one attached hydrogen (secondary N) is 1. The summed E-state index contributed by atoms with van der Waals surface area (Å²) in [5, 5.41) is 2.93. The van der Waals surface area contributed by atoms with Crippen molar-refractivity contribution in [2.75, 3.05) is 6.61 Å². The highest BCUT2D eigenvalue weighted by Crippen LogP contribution is 2.14. The van der Waals surface area contributed by atoms with Gasteiger partial charge in [0.25, 0.3) is 5.91 Å². The van der Waals surface area contributed by atoms with E-state index in [1.165, 1.54) is 5.56 Å². The van der Waals surface area contributed by atoms with Crippen LogP contribution in [0.2, 0.25) is 0 Å². The van der Waals surface area contributed by atoms with Gasteiger partial charge in [0.05, 0.1) is 6.04 Å². The Morgan fingerprint density at radius 2 is 2.05 bits per heavy atom. The smallest absolute Gasteiger partial charge is 0.268 e. The van der Waals surface area contributed by atoms with E-state index in [0.717, 1.165) is 10.2 Å². The molecule has 112 valence electrons. The number of amides is 1. The van der Waals surface area contributed by atoms with Gasteiger partial charge in [-0.25, -0.2) is 0 Å². The minimum atomic E-state index is -0.108. The Kier molecular flexibility index (Phi) is 5.07. The van der Waals surface area contributed by atoms with Gasteiger partial charge in [-0.1, -0.05) is 17.7 Å². The van der Waals surface area contributed by atoms with Crippen LogP contribution in [0.15, 0.2) is 41.0 Å². The van der Waals surface area contributed by atoms with Crippen molar-refractivity contribution < 1.29 is 9.53 Å². The predicted octanol–water partition coefficient (Wildman–Crippen LogP) is 3.29. The van der Waals surface area contributed by atoms with Gasteiger partial charge in [-0.05, 0) is 48.0 Å². The normalized spacial score (nSPS) is 12.0. The van der Waals surface area contributed by atoms with Crippen LogP contribution in [-0.4, -0.2) is 23.1 Å². The number of hydrogen-bond acceptors (Lipinski definition) is 2. The Balaban J connectivity index is 1.86. The molecule has 1 unspecified atom stereocenters. The first-order chi connectivity index (χ1) is 9.95. The molecule has 0 saturated carbocycles. The number of carbonyl (C=O) groups excluding carboxylic acids is 1. The zero-order valence-corrected chi connectivity index (χ0v) is 14.0. The van der Waals surface area contributed by atoms with Gasteiger partial charge >= 0.3 is 0 Å². The van der Waals surface area contributed by atoms with E-state index >= 15 is 0 Å². The van der Waals surface area contributed by atoms with Crippen LogP contribution in [0.5, 0.6) is 5.75 Å². The van der Waals surface area contributed by atoms with Gasteiger partial charge in [-0.15, -0.1) is 0 Å². The molecule has 1 atom stereocenters. The van der Waals surface area contributed by atoms with Crippen molar-refractivity contribution in [2.24, 2.45) is 7.05 Å². The molecule has 1 amide bonds. The molecule has 1 heterocycles. The van der Waals surface area contributed by atoms with E-state index in [1.54, 1.807) is 10.6 Å². The Morgan fingerprint density at radius 3 is 2.62 bits per heavy atom. The lowest BCUT2D eigenvalue weighted by Gasteiger charge is -2.15. The molecule has 21 heavy (non-hydrogen) atoms. The lowest BCUT2D eigenvalue weighted by atomic mass is 10.2. The SMILES string of the molecule is Cc1ccc(OCC(C)NC(=O)c2cc(Br)cn2C)cc1. The summed E-state index contributed by atoms with van der Waals surface area (Å²) in [4.78, 5) is 12.1. The highest BCUT2D eigenvalue weighted by atomic mass is 79.9. The number of aromatic nitrogens is 1. The van der Waals surface area contributed by atoms with Crippen molar-refractivity contribution in [3.63, 3.8) is 0 Å². The van der Waals surface area contributed by atoms with E-state index in [1.807, 2.05) is 51.4 Å². The third-order valence-electron chi connectivity index (χ3n) is 3.10. The second-order valence-corrected chi connectivity index (χ2v) is 6.07. The first-order valence-electron chi connectivity index (χ1n) is 6.78. The monoisotopic (exact) mass is 350 g/mol. The number of halogens is 1. The van der Waals surface area contributed by atoms with Gasteiger partial charge in [0.2, 0.25) is 0 Å². The van der Waals surface area contributed by atoms with Gasteiger partial charge < -0.3 is 14.6 Å². The molecule has 0 aliphatic carbocycles. The fraction of sp³-hybridized carbons (Fsp3) is 0.312. The lowest BCUT2D eigenvalue weighted by molar-refractivity contribution is 0.0918. The van der Waals surface area contributed by atoms with Crippen LogP contribution in [0.4, 0.5) is 0 Å². The predicted molar refractivity (Wildman–Crippen MR) is 86.7 cm³/mol. The van der Waals surface area contributed by atoms with Crippen molar-refractivity contribution in [3.05, 3.63) is 52.3 Å². The summed E-state index contributed by atoms with van der Waals surface area (Å²) in [6.45, 7) is 4.38. The Labute approximate surface area is 133 Å². The molecule has 0 spiro atoms. The van der Waals surface area contributed by atoms with Crippen molar-refractivity contribution in [1.29, 1.82) is 0 Å². The Hall–Kier alpha value is -1.75. The number of aryl methyl sites for hydroxylation is 2. The second kappa shape index (κ2) is 6.80. The molecule has 2 rings (SSSR count). The quantitative estimate of drug-likeness (QED) is 0.898. The van der Waals surface area contributed by atoms with E-state index < -0.39 is 0 Å². The van der Waals surface area contributed by atoms with Gasteiger partial charge in [0.1, 0.15) is 18.1 Å². The molecular weight excluding hydrogens is 332 g/mol. The summed E-state index contributed by atoms with van der Waals surface area (Å²) in [5.74, 6) is 0.700. The third kappa shape index (κ3) is 4.36. The molecule has 2 aromatic rings. The zero-order valence-electron chi connectivity index (χ0n) is 12.4. The first kappa shape index (κ1) is 15.6. The number of hydrogen-bond donors (Lipinski definition) is 1. The van der Waals surface area contributed by atoms with Crippen LogP contribution >= 0.6 is 15.9 Å². The summed E-state index contributed by atoms with van der Waals surface area (Å²) in [7, 11) is 1.84. The number of benzene rings is 1. The molecule has 1 N–H and O–H groups in total. The Bertz CT molecular complexity index is 620. The summed E-state index contributed by atoms with van der Waals surface area (Å²) in [5.41, 5.74) is 1.81. The maximum absolute atomic E-state index is 12.1. The maximum Gasteiger partial charge on any atom is 0.268 e. The fourth-order valence-electron chi connectivity index (χ4n) is 1.95. The molecule has 0 bridgehead atoms. The summed E-state index contributed by atoms with van der Waals surface area (Å²) in [6, 6.07) is 9.58. The van der Waals surface area contributed by atoms with Crippen LogP contribution in [0.3, 0.4) is 0 Å². The highest BCUT2D eigenvalue weighted by molar-refractivity contribution is 9.10. The minimum absolute atomic E-state index is 0.0764. The topological polar surface area (TPSA) is 43.3 Å². The molecule has 0 radical (unpaired) electrons. The van der Waals surface area contributed by atoms with Crippen LogP contribution < -0.4 is 10.1 Å². The maximum atomic E-state index is 12.1. The molecule has 5 heteroatoms. The minimum Gasteiger partial charge on any atom is -0.491 e. The van der Waals surface area contributed by atoms with E-state index in [-0.39, 0.29) is 11.9 Å². The number of rotatable bonds is 5. The number of carbonyl (C=O) groups is 1. The molecule has 4 nitrogen and oxygen atoms in total. The van der Waals surface area contributed by atoms with Crippen molar-refractivity contribution in [1.82, 2.24) is 9.88 Å². The lowest BCUT2D eigenvalue weighted by Crippen LogP contribution is -2.37. The molecule has 1 aromatic carbocycles. The molecular formula is C16H19BrN2O2. The van der Waals surface area contributed by atoms with Crippen LogP contribution in [-0.2, 0) is 7.05 Å². The van der Waals surface area contributed by atoms with E-state index in [0.29, 0.717) is 12.3 Å². The van der Waals surface area contributed by atoms with E-state index in [2.05, 4.69) is 21.2 Å². The third-order valence-corrected chi connectivity index (χ3v) is 3.54. The number of nitrogens with zero attached hydrogens (tertiary/aromatic N) is 1. The van der Waals surface area contributed by atoms with Crippen molar-refractivity contribution >= 4 is 21.8 Å². The average Bonchev–Trinajstić information content (AvgIpc) is 2.77. The van der Waals surface area contributed by atoms with Crippen LogP contribution in [0.1, 0.15) is 23.0 Å². The van der Waals surface area contributed by atoms with Gasteiger partial charge in [0, 0.05) is 17.7 Å². The summed E-state index contributed by atoms with van der Waals surface area (Å²) < 4.78 is 8.34. The molecule has 0 fully saturated rings. The molecule has 1 aromatic heterocycles. The van der Waals surface area contributed by atoms with E-state index in [9.17, 15) is 4.79 Å². The van der Waals surface area contributed by atoms with Crippen LogP contribution in [0.25, 0.3) is 0 Å². The molecule has 0 aliphatic heterocycles. The van der Waals surface area contributed by atoms with Gasteiger partial charge in [0.15, 0.2) is 0 Å². The van der Waals surface area contributed by atoms with Gasteiger partial charge in [-0.3, -0.25) is 4.79 Å². The average molecular weight is 351 g/mol. The second-order valence-electron chi connectivity index (χ2n) is 5.15. The number of ether oxygens (including phenoxy) is 1. The van der Waals surface area contributed by atoms with E-state index in [4.69, 9.17) is 4.74 Å². The van der Waals surface area contributed by atoms with Crippen molar-refractivity contribution in [2.45, 2.75) is 19.9 Å². The largest absolute Gasteiger partial charge is 0.491 e. The summed E-state index contributed by atoms with van der Waals surface area (Å²) in [6.07, 6.45) is 1.85. The fourth-order valence-corrected chi connectivity index (χ4v) is 2.47. The standard InChI is InChI=1S/C16H19BrN2O2/c1-11-4-6-14(7-5-11)21-10-12(2)18-16(20)15-8-13(17)9-19(15)3/h4-9,12H,10H2,1-3H3,(H,18,20). The highest BCUT2D eigenvalue weighted by Gasteiger charge is 2.14. The van der Waals surface area contributed by atoms with Crippen LogP contribution in [0, 0.1) is 6.92 Å².